The highest BCUT2D eigenvalue weighted by molar-refractivity contribution is 7.15. The summed E-state index contributed by atoms with van der Waals surface area (Å²) in [5.74, 6) is -0.308. The molecule has 1 aromatic heterocycles. The number of nitrogens with zero attached hydrogens (tertiary/aromatic N) is 3. The van der Waals surface area contributed by atoms with E-state index >= 15 is 0 Å². The predicted octanol–water partition coefficient (Wildman–Crippen LogP) is 1.92. The van der Waals surface area contributed by atoms with Crippen LogP contribution in [0.15, 0.2) is 0 Å². The van der Waals surface area contributed by atoms with Gasteiger partial charge in [0.05, 0.1) is 0 Å². The smallest absolute Gasteiger partial charge is 0.229 e. The van der Waals surface area contributed by atoms with Crippen LogP contribution in [0.5, 0.6) is 0 Å². The molecule has 3 amide bonds. The second-order valence-electron chi connectivity index (χ2n) is 5.20. The quantitative estimate of drug-likeness (QED) is 0.774. The molecule has 2 heterocycles. The first-order valence-electron chi connectivity index (χ1n) is 7.51. The lowest BCUT2D eigenvalue weighted by Gasteiger charge is -2.12. The molecular weight excluding hydrogens is 304 g/mol. The van der Waals surface area contributed by atoms with Crippen molar-refractivity contribution in [3.8, 4) is 0 Å². The van der Waals surface area contributed by atoms with Crippen LogP contribution in [0.1, 0.15) is 56.9 Å². The highest BCUT2D eigenvalue weighted by Crippen LogP contribution is 2.28. The van der Waals surface area contributed by atoms with Crippen LogP contribution < -0.4 is 5.32 Å². The molecule has 8 heteroatoms. The van der Waals surface area contributed by atoms with E-state index in [1.165, 1.54) is 11.3 Å². The maximum Gasteiger partial charge on any atom is 0.229 e. The van der Waals surface area contributed by atoms with E-state index in [1.807, 2.05) is 0 Å². The number of amides is 3. The zero-order chi connectivity index (χ0) is 16.1. The summed E-state index contributed by atoms with van der Waals surface area (Å²) in [6, 6.07) is 0. The Bertz CT molecular complexity index is 552. The Morgan fingerprint density at radius 2 is 1.86 bits per heavy atom. The predicted molar refractivity (Wildman–Crippen MR) is 82.4 cm³/mol. The Morgan fingerprint density at radius 3 is 2.45 bits per heavy atom. The molecule has 1 aromatic rings. The second kappa shape index (κ2) is 7.44. The van der Waals surface area contributed by atoms with Gasteiger partial charge in [0.15, 0.2) is 0 Å². The number of carbonyl (C=O) groups excluding carboxylic acids is 3. The van der Waals surface area contributed by atoms with E-state index in [2.05, 4.69) is 29.4 Å². The molecule has 120 valence electrons. The Labute approximate surface area is 133 Å². The summed E-state index contributed by atoms with van der Waals surface area (Å²) < 4.78 is 0. The lowest BCUT2D eigenvalue weighted by molar-refractivity contribution is -0.138. The lowest BCUT2D eigenvalue weighted by atomic mass is 10.1. The highest BCUT2D eigenvalue weighted by atomic mass is 32.1. The van der Waals surface area contributed by atoms with Gasteiger partial charge in [0.1, 0.15) is 5.01 Å². The zero-order valence-corrected chi connectivity index (χ0v) is 13.6. The number of rotatable bonds is 7. The number of aromatic nitrogens is 2. The zero-order valence-electron chi connectivity index (χ0n) is 12.8. The van der Waals surface area contributed by atoms with Crippen LogP contribution in [0.3, 0.4) is 0 Å². The molecule has 0 saturated carbocycles. The number of carbonyl (C=O) groups is 3. The van der Waals surface area contributed by atoms with Gasteiger partial charge in [-0.25, -0.2) is 0 Å². The molecule has 0 spiro atoms. The summed E-state index contributed by atoms with van der Waals surface area (Å²) in [6.45, 7) is 4.32. The van der Waals surface area contributed by atoms with Gasteiger partial charge < -0.3 is 5.32 Å². The third-order valence-corrected chi connectivity index (χ3v) is 4.74. The molecule has 7 nitrogen and oxygen atoms in total. The summed E-state index contributed by atoms with van der Waals surface area (Å²) in [5.41, 5.74) is 0. The third kappa shape index (κ3) is 3.88. The molecule has 2 rings (SSSR count). The molecule has 1 fully saturated rings. The number of hydrogen-bond acceptors (Lipinski definition) is 6. The van der Waals surface area contributed by atoms with Gasteiger partial charge in [0.2, 0.25) is 22.9 Å². The topological polar surface area (TPSA) is 92.3 Å². The number of hydrogen-bond donors (Lipinski definition) is 1. The van der Waals surface area contributed by atoms with Crippen LogP contribution in [-0.4, -0.2) is 39.4 Å². The largest absolute Gasteiger partial charge is 0.300 e. The molecule has 0 bridgehead atoms. The molecule has 0 aliphatic carbocycles. The SMILES string of the molecule is CCC(CC)c1nnc(NC(=O)CCN2C(=O)CCC2=O)s1. The Morgan fingerprint density at radius 1 is 1.23 bits per heavy atom. The fourth-order valence-corrected chi connectivity index (χ4v) is 3.38. The van der Waals surface area contributed by atoms with Crippen molar-refractivity contribution >= 4 is 34.2 Å². The number of likely N-dealkylation sites (tertiary alicyclic amines) is 1. The molecule has 0 radical (unpaired) electrons. The molecule has 0 unspecified atom stereocenters. The van der Waals surface area contributed by atoms with Crippen molar-refractivity contribution in [1.82, 2.24) is 15.1 Å². The van der Waals surface area contributed by atoms with Crippen LogP contribution in [0.25, 0.3) is 0 Å². The summed E-state index contributed by atoms with van der Waals surface area (Å²) in [7, 11) is 0. The summed E-state index contributed by atoms with van der Waals surface area (Å²) in [5, 5.41) is 12.1. The standard InChI is InChI=1S/C14H20N4O3S/c1-3-9(4-2)13-16-17-14(22-13)15-10(19)7-8-18-11(20)5-6-12(18)21/h9H,3-8H2,1-2H3,(H,15,17,19). The van der Waals surface area contributed by atoms with Crippen LogP contribution in [0.2, 0.25) is 0 Å². The Balaban J connectivity index is 1.84. The van der Waals surface area contributed by atoms with E-state index in [9.17, 15) is 14.4 Å². The van der Waals surface area contributed by atoms with Crippen molar-refractivity contribution < 1.29 is 14.4 Å². The van der Waals surface area contributed by atoms with Gasteiger partial charge in [-0.1, -0.05) is 25.2 Å². The van der Waals surface area contributed by atoms with Crippen molar-refractivity contribution in [1.29, 1.82) is 0 Å². The van der Waals surface area contributed by atoms with Gasteiger partial charge in [-0.05, 0) is 12.8 Å². The first-order chi connectivity index (χ1) is 10.5. The molecule has 0 atom stereocenters. The maximum atomic E-state index is 11.9. The van der Waals surface area contributed by atoms with Gasteiger partial charge >= 0.3 is 0 Å². The van der Waals surface area contributed by atoms with Gasteiger partial charge in [-0.2, -0.15) is 0 Å². The summed E-state index contributed by atoms with van der Waals surface area (Å²) in [6.07, 6.45) is 2.54. The molecule has 0 aromatic carbocycles. The van der Waals surface area contributed by atoms with Crippen LogP contribution >= 0.6 is 11.3 Å². The summed E-state index contributed by atoms with van der Waals surface area (Å²) in [4.78, 5) is 35.9. The van der Waals surface area contributed by atoms with E-state index < -0.39 is 0 Å². The van der Waals surface area contributed by atoms with E-state index in [4.69, 9.17) is 0 Å². The van der Waals surface area contributed by atoms with Crippen LogP contribution in [0.4, 0.5) is 5.13 Å². The minimum Gasteiger partial charge on any atom is -0.300 e. The molecule has 1 N–H and O–H groups in total. The molecule has 1 saturated heterocycles. The van der Waals surface area contributed by atoms with Crippen LogP contribution in [-0.2, 0) is 14.4 Å². The average Bonchev–Trinajstić information content (AvgIpc) is 3.06. The highest BCUT2D eigenvalue weighted by Gasteiger charge is 2.28. The number of imide groups is 1. The lowest BCUT2D eigenvalue weighted by Crippen LogP contribution is -2.32. The van der Waals surface area contributed by atoms with Gasteiger partial charge in [-0.15, -0.1) is 10.2 Å². The van der Waals surface area contributed by atoms with Crippen LogP contribution in [0, 0.1) is 0 Å². The first kappa shape index (κ1) is 16.5. The van der Waals surface area contributed by atoms with Crippen molar-refractivity contribution in [2.75, 3.05) is 11.9 Å². The normalized spacial score (nSPS) is 15.0. The van der Waals surface area contributed by atoms with Crippen molar-refractivity contribution in [3.63, 3.8) is 0 Å². The van der Waals surface area contributed by atoms with E-state index in [0.29, 0.717) is 11.0 Å². The maximum absolute atomic E-state index is 11.9. The van der Waals surface area contributed by atoms with Crippen molar-refractivity contribution in [3.05, 3.63) is 5.01 Å². The number of nitrogens with one attached hydrogen (secondary N) is 1. The fraction of sp³-hybridized carbons (Fsp3) is 0.643. The molecular formula is C14H20N4O3S. The third-order valence-electron chi connectivity index (χ3n) is 3.74. The van der Waals surface area contributed by atoms with Crippen molar-refractivity contribution in [2.24, 2.45) is 0 Å². The van der Waals surface area contributed by atoms with Gasteiger partial charge in [0.25, 0.3) is 0 Å². The summed E-state index contributed by atoms with van der Waals surface area (Å²) >= 11 is 1.38. The number of anilines is 1. The minimum atomic E-state index is -0.264. The Kier molecular flexibility index (Phi) is 5.59. The van der Waals surface area contributed by atoms with E-state index in [0.717, 1.165) is 22.7 Å². The van der Waals surface area contributed by atoms with E-state index in [-0.39, 0.29) is 43.5 Å². The van der Waals surface area contributed by atoms with E-state index in [1.54, 1.807) is 0 Å². The molecule has 1 aliphatic rings. The minimum absolute atomic E-state index is 0.0807. The fourth-order valence-electron chi connectivity index (χ4n) is 2.36. The first-order valence-corrected chi connectivity index (χ1v) is 8.33. The monoisotopic (exact) mass is 324 g/mol. The molecule has 22 heavy (non-hydrogen) atoms. The van der Waals surface area contributed by atoms with Gasteiger partial charge in [-0.3, -0.25) is 19.3 Å². The molecule has 1 aliphatic heterocycles. The second-order valence-corrected chi connectivity index (χ2v) is 6.21. The Hall–Kier alpha value is -1.83. The van der Waals surface area contributed by atoms with Crippen molar-refractivity contribution in [2.45, 2.75) is 51.9 Å². The average molecular weight is 324 g/mol. The van der Waals surface area contributed by atoms with Gasteiger partial charge in [0, 0.05) is 31.7 Å².